The molecular weight excluding hydrogens is 658 g/mol. The Morgan fingerprint density at radius 2 is 1.12 bits per heavy atom. The Bertz CT molecular complexity index is 1200. The van der Waals surface area contributed by atoms with Crippen LogP contribution in [0.3, 0.4) is 0 Å². The molecule has 1 fully saturated rings. The molecule has 0 aromatic heterocycles. The van der Waals surface area contributed by atoms with Gasteiger partial charge in [-0.15, -0.1) is 0 Å². The molecule has 1 atom stereocenters. The van der Waals surface area contributed by atoms with E-state index in [0.717, 1.165) is 11.8 Å². The standard InChI is InChI=1S/C33H57N5O10S/c1-6-46-31(40)25-35-17-15-34(23-29(39)24-38(49(5,43)44)14-13-28-9-11-30(45-4)12-10-28)16-18-36(26-32(41)47-7-2)20-22-37(21-19-35)27-33(42)48-8-3/h9-12,29,39H,6-8,13-27H2,1-5H3. The number of methoxy groups -OCH3 is 1. The van der Waals surface area contributed by atoms with Crippen LogP contribution in [-0.2, 0) is 45.0 Å². The number of ether oxygens (including phenoxy) is 4. The summed E-state index contributed by atoms with van der Waals surface area (Å²) >= 11 is 0. The molecule has 0 saturated carbocycles. The van der Waals surface area contributed by atoms with Crippen LogP contribution in [0.5, 0.6) is 5.75 Å². The van der Waals surface area contributed by atoms with Crippen LogP contribution in [0.2, 0.25) is 0 Å². The molecule has 0 bridgehead atoms. The summed E-state index contributed by atoms with van der Waals surface area (Å²) in [5.74, 6) is -0.365. The third-order valence-corrected chi connectivity index (χ3v) is 9.33. The number of nitrogens with zero attached hydrogens (tertiary/aromatic N) is 5. The molecule has 49 heavy (non-hydrogen) atoms. The molecule has 1 saturated heterocycles. The fourth-order valence-electron chi connectivity index (χ4n) is 5.43. The van der Waals surface area contributed by atoms with E-state index in [0.29, 0.717) is 64.5 Å². The smallest absolute Gasteiger partial charge is 0.320 e. The summed E-state index contributed by atoms with van der Waals surface area (Å²) in [5, 5.41) is 11.2. The van der Waals surface area contributed by atoms with E-state index in [9.17, 15) is 27.9 Å². The highest BCUT2D eigenvalue weighted by atomic mass is 32.2. The zero-order valence-corrected chi connectivity index (χ0v) is 30.7. The van der Waals surface area contributed by atoms with Crippen molar-refractivity contribution < 1.29 is 46.9 Å². The van der Waals surface area contributed by atoms with Gasteiger partial charge in [-0.2, -0.15) is 4.31 Å². The van der Waals surface area contributed by atoms with E-state index in [1.165, 1.54) is 4.31 Å². The normalized spacial score (nSPS) is 17.1. The molecule has 15 nitrogen and oxygen atoms in total. The van der Waals surface area contributed by atoms with Crippen molar-refractivity contribution in [2.24, 2.45) is 0 Å². The molecule has 0 aliphatic carbocycles. The van der Waals surface area contributed by atoms with Gasteiger partial charge in [0.2, 0.25) is 10.0 Å². The third-order valence-electron chi connectivity index (χ3n) is 8.07. The van der Waals surface area contributed by atoms with Crippen molar-refractivity contribution in [2.45, 2.75) is 33.3 Å². The Morgan fingerprint density at radius 1 is 0.735 bits per heavy atom. The molecule has 2 rings (SSSR count). The first-order valence-corrected chi connectivity index (χ1v) is 18.8. The predicted octanol–water partition coefficient (Wildman–Crippen LogP) is -0.229. The van der Waals surface area contributed by atoms with Gasteiger partial charge in [0, 0.05) is 72.0 Å². The Morgan fingerprint density at radius 3 is 1.47 bits per heavy atom. The Kier molecular flexibility index (Phi) is 19.7. The second kappa shape index (κ2) is 22.8. The van der Waals surface area contributed by atoms with Crippen molar-refractivity contribution in [3.05, 3.63) is 29.8 Å². The lowest BCUT2D eigenvalue weighted by atomic mass is 10.1. The number of carbonyl (C=O) groups is 3. The SMILES string of the molecule is CCOC(=O)CN1CCN(CC(=O)OCC)CCN(CC(O)CN(CCc2ccc(OC)cc2)S(C)(=O)=O)CCN(CC(=O)OCC)CC1. The van der Waals surface area contributed by atoms with Gasteiger partial charge in [0.15, 0.2) is 0 Å². The fourth-order valence-corrected chi connectivity index (χ4v) is 6.30. The van der Waals surface area contributed by atoms with Gasteiger partial charge >= 0.3 is 17.9 Å². The monoisotopic (exact) mass is 715 g/mol. The summed E-state index contributed by atoms with van der Waals surface area (Å²) < 4.78 is 47.5. The van der Waals surface area contributed by atoms with E-state index < -0.39 is 16.1 Å². The maximum atomic E-state index is 12.7. The van der Waals surface area contributed by atoms with Crippen LogP contribution in [0.4, 0.5) is 0 Å². The predicted molar refractivity (Wildman–Crippen MR) is 185 cm³/mol. The second-order valence-corrected chi connectivity index (χ2v) is 13.9. The van der Waals surface area contributed by atoms with Gasteiger partial charge in [-0.3, -0.25) is 34.0 Å². The zero-order valence-electron chi connectivity index (χ0n) is 29.9. The van der Waals surface area contributed by atoms with E-state index >= 15 is 0 Å². The van der Waals surface area contributed by atoms with E-state index in [1.54, 1.807) is 27.9 Å². The number of β-amino-alcohol motifs (C(OH)–C–C–N with tert-alkyl or cyclic N) is 1. The summed E-state index contributed by atoms with van der Waals surface area (Å²) in [4.78, 5) is 45.2. The van der Waals surface area contributed by atoms with Crippen molar-refractivity contribution in [2.75, 3.05) is 125 Å². The van der Waals surface area contributed by atoms with Gasteiger partial charge in [-0.1, -0.05) is 12.1 Å². The van der Waals surface area contributed by atoms with Crippen LogP contribution in [0, 0.1) is 0 Å². The topological polar surface area (TPSA) is 159 Å². The molecule has 0 radical (unpaired) electrons. The average Bonchev–Trinajstić information content (AvgIpc) is 3.04. The summed E-state index contributed by atoms with van der Waals surface area (Å²) in [5.41, 5.74) is 0.941. The fraction of sp³-hybridized carbons (Fsp3) is 0.727. The van der Waals surface area contributed by atoms with Gasteiger partial charge in [0.05, 0.1) is 58.9 Å². The second-order valence-electron chi connectivity index (χ2n) is 11.9. The van der Waals surface area contributed by atoms with Gasteiger partial charge in [0.25, 0.3) is 0 Å². The molecule has 1 aliphatic heterocycles. The van der Waals surface area contributed by atoms with E-state index in [4.69, 9.17) is 18.9 Å². The Balaban J connectivity index is 2.21. The molecule has 1 aliphatic rings. The number of esters is 3. The number of aliphatic hydroxyl groups is 1. The van der Waals surface area contributed by atoms with Gasteiger partial charge < -0.3 is 24.1 Å². The molecule has 0 spiro atoms. The van der Waals surface area contributed by atoms with Crippen LogP contribution < -0.4 is 4.74 Å². The molecule has 16 heteroatoms. The molecule has 280 valence electrons. The highest BCUT2D eigenvalue weighted by Gasteiger charge is 2.25. The number of carbonyl (C=O) groups excluding carboxylic acids is 3. The van der Waals surface area contributed by atoms with Crippen molar-refractivity contribution in [3.8, 4) is 5.75 Å². The van der Waals surface area contributed by atoms with Crippen LogP contribution in [0.25, 0.3) is 0 Å². The van der Waals surface area contributed by atoms with E-state index in [1.807, 2.05) is 43.9 Å². The van der Waals surface area contributed by atoms with Crippen LogP contribution in [-0.4, -0.2) is 186 Å². The van der Waals surface area contributed by atoms with Gasteiger partial charge in [-0.25, -0.2) is 8.42 Å². The highest BCUT2D eigenvalue weighted by Crippen LogP contribution is 2.13. The van der Waals surface area contributed by atoms with Crippen molar-refractivity contribution >= 4 is 27.9 Å². The quantitative estimate of drug-likeness (QED) is 0.157. The van der Waals surface area contributed by atoms with Crippen molar-refractivity contribution in [1.29, 1.82) is 0 Å². The molecule has 1 aromatic carbocycles. The number of hydrogen-bond acceptors (Lipinski definition) is 14. The van der Waals surface area contributed by atoms with Gasteiger partial charge in [0.1, 0.15) is 5.75 Å². The summed E-state index contributed by atoms with van der Waals surface area (Å²) in [6, 6.07) is 7.40. The Hall–Kier alpha value is -2.86. The van der Waals surface area contributed by atoms with Gasteiger partial charge in [-0.05, 0) is 44.9 Å². The number of rotatable bonds is 18. The first-order chi connectivity index (χ1) is 23.4. The summed E-state index contributed by atoms with van der Waals surface area (Å²) in [7, 11) is -2.03. The first kappa shape index (κ1) is 42.3. The van der Waals surface area contributed by atoms with Crippen LogP contribution in [0.15, 0.2) is 24.3 Å². The number of aliphatic hydroxyl groups excluding tert-OH is 1. The third kappa shape index (κ3) is 17.6. The Labute approximate surface area is 292 Å². The minimum atomic E-state index is -3.62. The molecule has 1 N–H and O–H groups in total. The molecule has 1 unspecified atom stereocenters. The summed E-state index contributed by atoms with van der Waals surface area (Å²) in [6.07, 6.45) is 0.595. The minimum absolute atomic E-state index is 0.0552. The van der Waals surface area contributed by atoms with Crippen LogP contribution in [0.1, 0.15) is 26.3 Å². The lowest BCUT2D eigenvalue weighted by molar-refractivity contribution is -0.146. The minimum Gasteiger partial charge on any atom is -0.497 e. The van der Waals surface area contributed by atoms with Crippen molar-refractivity contribution in [1.82, 2.24) is 23.9 Å². The van der Waals surface area contributed by atoms with Crippen LogP contribution >= 0.6 is 0 Å². The van der Waals surface area contributed by atoms with E-state index in [-0.39, 0.29) is 77.0 Å². The number of hydrogen-bond donors (Lipinski definition) is 1. The molecule has 1 aromatic rings. The number of benzene rings is 1. The lowest BCUT2D eigenvalue weighted by Gasteiger charge is -2.34. The highest BCUT2D eigenvalue weighted by molar-refractivity contribution is 7.88. The largest absolute Gasteiger partial charge is 0.497 e. The zero-order chi connectivity index (χ0) is 36.2. The lowest BCUT2D eigenvalue weighted by Crippen LogP contribution is -2.50. The maximum Gasteiger partial charge on any atom is 0.320 e. The van der Waals surface area contributed by atoms with E-state index in [2.05, 4.69) is 0 Å². The average molecular weight is 716 g/mol. The number of sulfonamides is 1. The molecule has 1 heterocycles. The van der Waals surface area contributed by atoms with Crippen molar-refractivity contribution in [3.63, 3.8) is 0 Å². The first-order valence-electron chi connectivity index (χ1n) is 17.0. The molecule has 0 amide bonds. The maximum absolute atomic E-state index is 12.7. The molecular formula is C33H57N5O10S. The summed E-state index contributed by atoms with van der Waals surface area (Å²) in [6.45, 7) is 10.1.